The number of imidazole rings is 1. The molecule has 26 heavy (non-hydrogen) atoms. The summed E-state index contributed by atoms with van der Waals surface area (Å²) in [5.74, 6) is 2.48. The Morgan fingerprint density at radius 2 is 1.88 bits per heavy atom. The topological polar surface area (TPSA) is 65.4 Å². The van der Waals surface area contributed by atoms with Gasteiger partial charge in [-0.25, -0.2) is 4.98 Å². The zero-order chi connectivity index (χ0) is 18.4. The molecule has 1 amide bonds. The van der Waals surface area contributed by atoms with E-state index >= 15 is 0 Å². The number of amides is 1. The van der Waals surface area contributed by atoms with Gasteiger partial charge in [-0.2, -0.15) is 0 Å². The molecule has 0 fully saturated rings. The second-order valence-corrected chi connectivity index (χ2v) is 5.99. The van der Waals surface area contributed by atoms with Crippen LogP contribution in [0.1, 0.15) is 25.2 Å². The number of rotatable bonds is 9. The molecule has 0 saturated carbocycles. The Labute approximate surface area is 152 Å². The van der Waals surface area contributed by atoms with Crippen molar-refractivity contribution in [2.24, 2.45) is 0 Å². The molecular weight excluding hydrogens is 330 g/mol. The number of nitrogens with one attached hydrogen (secondary N) is 1. The maximum absolute atomic E-state index is 10.8. The van der Waals surface area contributed by atoms with Gasteiger partial charge in [-0.15, -0.1) is 0 Å². The molecule has 3 aromatic rings. The predicted octanol–water partition coefficient (Wildman–Crippen LogP) is 3.32. The monoisotopic (exact) mass is 353 g/mol. The minimum absolute atomic E-state index is 0.151. The molecule has 0 aliphatic carbocycles. The summed E-state index contributed by atoms with van der Waals surface area (Å²) >= 11 is 0. The Kier molecular flexibility index (Phi) is 5.73. The van der Waals surface area contributed by atoms with Crippen molar-refractivity contribution >= 4 is 17.4 Å². The minimum Gasteiger partial charge on any atom is -0.497 e. The lowest BCUT2D eigenvalue weighted by atomic mass is 10.3. The number of methoxy groups -OCH3 is 1. The normalized spacial score (nSPS) is 11.9. The maximum Gasteiger partial charge on any atom is 0.207 e. The molecule has 3 rings (SSSR count). The van der Waals surface area contributed by atoms with E-state index < -0.39 is 0 Å². The standard InChI is InChI=1S/C20H23N3O3/c1-15(21-14-24)20-22-18-6-3-4-7-19(18)23(20)12-5-13-26-17-10-8-16(25-2)9-11-17/h3-4,6-11,14-15H,5,12-13H2,1-2H3,(H,21,24). The summed E-state index contributed by atoms with van der Waals surface area (Å²) in [7, 11) is 1.64. The molecular formula is C20H23N3O3. The van der Waals surface area contributed by atoms with Gasteiger partial charge >= 0.3 is 0 Å². The van der Waals surface area contributed by atoms with E-state index in [4.69, 9.17) is 9.47 Å². The highest BCUT2D eigenvalue weighted by atomic mass is 16.5. The molecule has 1 N–H and O–H groups in total. The number of carbonyl (C=O) groups is 1. The van der Waals surface area contributed by atoms with Gasteiger partial charge in [-0.3, -0.25) is 4.79 Å². The van der Waals surface area contributed by atoms with E-state index in [1.54, 1.807) is 7.11 Å². The number of benzene rings is 2. The average molecular weight is 353 g/mol. The van der Waals surface area contributed by atoms with Gasteiger partial charge in [0, 0.05) is 6.54 Å². The summed E-state index contributed by atoms with van der Waals surface area (Å²) < 4.78 is 13.1. The van der Waals surface area contributed by atoms with E-state index in [2.05, 4.69) is 14.9 Å². The number of carbonyl (C=O) groups excluding carboxylic acids is 1. The smallest absolute Gasteiger partial charge is 0.207 e. The van der Waals surface area contributed by atoms with Gasteiger partial charge in [-0.1, -0.05) is 12.1 Å². The molecule has 0 radical (unpaired) electrons. The lowest BCUT2D eigenvalue weighted by Crippen LogP contribution is -2.21. The molecule has 1 heterocycles. The highest BCUT2D eigenvalue weighted by Gasteiger charge is 2.15. The Morgan fingerprint density at radius 3 is 2.62 bits per heavy atom. The van der Waals surface area contributed by atoms with Crippen LogP contribution in [0.2, 0.25) is 0 Å². The summed E-state index contributed by atoms with van der Waals surface area (Å²) in [6.07, 6.45) is 1.54. The number of para-hydroxylation sites is 2. The first-order chi connectivity index (χ1) is 12.7. The Morgan fingerprint density at radius 1 is 1.15 bits per heavy atom. The van der Waals surface area contributed by atoms with E-state index in [0.29, 0.717) is 13.0 Å². The van der Waals surface area contributed by atoms with Crippen LogP contribution in [-0.2, 0) is 11.3 Å². The SMILES string of the molecule is COc1ccc(OCCCn2c(C(C)NC=O)nc3ccccc32)cc1. The third-order valence-electron chi connectivity index (χ3n) is 4.24. The first-order valence-corrected chi connectivity index (χ1v) is 8.64. The number of ether oxygens (including phenoxy) is 2. The van der Waals surface area contributed by atoms with Crippen LogP contribution in [0.15, 0.2) is 48.5 Å². The molecule has 1 atom stereocenters. The fraction of sp³-hybridized carbons (Fsp3) is 0.300. The van der Waals surface area contributed by atoms with Crippen molar-refractivity contribution in [2.75, 3.05) is 13.7 Å². The number of nitrogens with zero attached hydrogens (tertiary/aromatic N) is 2. The van der Waals surface area contributed by atoms with E-state index in [0.717, 1.165) is 41.3 Å². The van der Waals surface area contributed by atoms with Crippen LogP contribution in [-0.4, -0.2) is 29.7 Å². The number of fused-ring (bicyclic) bond motifs is 1. The van der Waals surface area contributed by atoms with Crippen molar-refractivity contribution in [2.45, 2.75) is 25.9 Å². The summed E-state index contributed by atoms with van der Waals surface area (Å²) in [6.45, 7) is 3.28. The molecule has 136 valence electrons. The van der Waals surface area contributed by atoms with Crippen molar-refractivity contribution in [3.05, 3.63) is 54.4 Å². The van der Waals surface area contributed by atoms with Crippen LogP contribution in [0, 0.1) is 0 Å². The van der Waals surface area contributed by atoms with Gasteiger partial charge < -0.3 is 19.4 Å². The summed E-state index contributed by atoms with van der Waals surface area (Å²) in [5.41, 5.74) is 1.99. The van der Waals surface area contributed by atoms with Crippen molar-refractivity contribution in [3.8, 4) is 11.5 Å². The first kappa shape index (κ1) is 17.8. The Bertz CT molecular complexity index is 858. The van der Waals surface area contributed by atoms with Gasteiger partial charge in [0.25, 0.3) is 0 Å². The molecule has 1 aromatic heterocycles. The number of hydrogen-bond donors (Lipinski definition) is 1. The second kappa shape index (κ2) is 8.38. The number of aromatic nitrogens is 2. The fourth-order valence-electron chi connectivity index (χ4n) is 2.92. The first-order valence-electron chi connectivity index (χ1n) is 8.64. The molecule has 0 bridgehead atoms. The van der Waals surface area contributed by atoms with Gasteiger partial charge in [0.1, 0.15) is 17.3 Å². The van der Waals surface area contributed by atoms with Crippen LogP contribution in [0.25, 0.3) is 11.0 Å². The molecule has 6 nitrogen and oxygen atoms in total. The average Bonchev–Trinajstić information content (AvgIpc) is 3.05. The van der Waals surface area contributed by atoms with E-state index in [1.807, 2.05) is 55.5 Å². The third-order valence-corrected chi connectivity index (χ3v) is 4.24. The van der Waals surface area contributed by atoms with Crippen LogP contribution >= 0.6 is 0 Å². The summed E-state index contributed by atoms with van der Waals surface area (Å²) in [6, 6.07) is 15.4. The highest BCUT2D eigenvalue weighted by molar-refractivity contribution is 5.76. The van der Waals surface area contributed by atoms with Crippen LogP contribution < -0.4 is 14.8 Å². The van der Waals surface area contributed by atoms with Gasteiger partial charge in [0.2, 0.25) is 6.41 Å². The predicted molar refractivity (Wildman–Crippen MR) is 100 cm³/mol. The Hall–Kier alpha value is -3.02. The Balaban J connectivity index is 1.67. The van der Waals surface area contributed by atoms with E-state index in [-0.39, 0.29) is 6.04 Å². The van der Waals surface area contributed by atoms with Crippen molar-refractivity contribution in [1.29, 1.82) is 0 Å². The largest absolute Gasteiger partial charge is 0.497 e. The summed E-state index contributed by atoms with van der Waals surface area (Å²) in [4.78, 5) is 15.5. The lowest BCUT2D eigenvalue weighted by Gasteiger charge is -2.14. The molecule has 0 saturated heterocycles. The lowest BCUT2D eigenvalue weighted by molar-refractivity contribution is -0.110. The molecule has 1 unspecified atom stereocenters. The highest BCUT2D eigenvalue weighted by Crippen LogP contribution is 2.21. The minimum atomic E-state index is -0.151. The maximum atomic E-state index is 10.8. The van der Waals surface area contributed by atoms with E-state index in [1.165, 1.54) is 0 Å². The van der Waals surface area contributed by atoms with Crippen LogP contribution in [0.5, 0.6) is 11.5 Å². The zero-order valence-corrected chi connectivity index (χ0v) is 15.0. The van der Waals surface area contributed by atoms with Crippen LogP contribution in [0.3, 0.4) is 0 Å². The van der Waals surface area contributed by atoms with Gasteiger partial charge in [0.05, 0.1) is 30.8 Å². The van der Waals surface area contributed by atoms with Crippen molar-refractivity contribution in [3.63, 3.8) is 0 Å². The van der Waals surface area contributed by atoms with E-state index in [9.17, 15) is 4.79 Å². The van der Waals surface area contributed by atoms with Crippen molar-refractivity contribution < 1.29 is 14.3 Å². The number of aryl methyl sites for hydroxylation is 1. The molecule has 6 heteroatoms. The molecule has 0 aliphatic heterocycles. The second-order valence-electron chi connectivity index (χ2n) is 5.99. The number of hydrogen-bond acceptors (Lipinski definition) is 4. The quantitative estimate of drug-likeness (QED) is 0.473. The fourth-order valence-corrected chi connectivity index (χ4v) is 2.92. The van der Waals surface area contributed by atoms with Gasteiger partial charge in [-0.05, 0) is 49.7 Å². The van der Waals surface area contributed by atoms with Gasteiger partial charge in [0.15, 0.2) is 0 Å². The zero-order valence-electron chi connectivity index (χ0n) is 15.0. The van der Waals surface area contributed by atoms with Crippen molar-refractivity contribution in [1.82, 2.24) is 14.9 Å². The molecule has 0 spiro atoms. The summed E-state index contributed by atoms with van der Waals surface area (Å²) in [5, 5.41) is 2.78. The third kappa shape index (κ3) is 3.96. The molecule has 2 aromatic carbocycles. The molecule has 0 aliphatic rings. The van der Waals surface area contributed by atoms with Crippen LogP contribution in [0.4, 0.5) is 0 Å².